The van der Waals surface area contributed by atoms with Crippen LogP contribution in [-0.2, 0) is 16.1 Å². The Morgan fingerprint density at radius 1 is 1.62 bits per heavy atom. The second kappa shape index (κ2) is 5.12. The number of nitrogens with one attached hydrogen (secondary N) is 2. The van der Waals surface area contributed by atoms with Crippen molar-refractivity contribution in [2.24, 2.45) is 5.92 Å². The van der Waals surface area contributed by atoms with Gasteiger partial charge >= 0.3 is 0 Å². The molecular weight excluding hydrogens is 224 g/mol. The Labute approximate surface area is 98.0 Å². The predicted octanol–water partition coefficient (Wildman–Crippen LogP) is 0.890. The van der Waals surface area contributed by atoms with Crippen LogP contribution in [-0.4, -0.2) is 18.4 Å². The molecule has 0 aromatic carbocycles. The van der Waals surface area contributed by atoms with Crippen molar-refractivity contribution >= 4 is 23.2 Å². The van der Waals surface area contributed by atoms with E-state index in [1.54, 1.807) is 11.3 Å². The maximum Gasteiger partial charge on any atom is 0.225 e. The minimum Gasteiger partial charge on any atom is -0.355 e. The average molecular weight is 238 g/mol. The molecule has 0 aliphatic carbocycles. The van der Waals surface area contributed by atoms with Crippen LogP contribution in [0.15, 0.2) is 17.5 Å². The third-order valence-electron chi connectivity index (χ3n) is 2.65. The summed E-state index contributed by atoms with van der Waals surface area (Å²) in [5, 5.41) is 7.59. The Morgan fingerprint density at radius 2 is 2.50 bits per heavy atom. The maximum absolute atomic E-state index is 11.7. The number of hydrogen-bond donors (Lipinski definition) is 2. The molecule has 5 heteroatoms. The third kappa shape index (κ3) is 2.82. The monoisotopic (exact) mass is 238 g/mol. The van der Waals surface area contributed by atoms with Crippen LogP contribution in [0.3, 0.4) is 0 Å². The van der Waals surface area contributed by atoms with Crippen LogP contribution < -0.4 is 10.6 Å². The minimum absolute atomic E-state index is 0.0356. The molecule has 4 nitrogen and oxygen atoms in total. The molecule has 1 aromatic rings. The lowest BCUT2D eigenvalue weighted by atomic mass is 9.98. The fourth-order valence-electron chi connectivity index (χ4n) is 1.69. The lowest BCUT2D eigenvalue weighted by Gasteiger charge is -2.21. The molecule has 2 N–H and O–H groups in total. The van der Waals surface area contributed by atoms with E-state index in [-0.39, 0.29) is 17.7 Å². The number of rotatable bonds is 3. The molecule has 2 heterocycles. The zero-order valence-electron chi connectivity index (χ0n) is 8.86. The van der Waals surface area contributed by atoms with Crippen molar-refractivity contribution in [3.05, 3.63) is 22.4 Å². The Balaban J connectivity index is 1.77. The first-order chi connectivity index (χ1) is 7.75. The molecule has 0 radical (unpaired) electrons. The number of carbonyl (C=O) groups excluding carboxylic acids is 2. The molecule has 0 bridgehead atoms. The van der Waals surface area contributed by atoms with Crippen molar-refractivity contribution in [3.8, 4) is 0 Å². The Kier molecular flexibility index (Phi) is 3.56. The summed E-state index contributed by atoms with van der Waals surface area (Å²) in [4.78, 5) is 23.8. The van der Waals surface area contributed by atoms with Gasteiger partial charge in [-0.05, 0) is 17.9 Å². The molecule has 0 spiro atoms. The Hall–Kier alpha value is -1.36. The summed E-state index contributed by atoms with van der Waals surface area (Å²) in [5.41, 5.74) is 0. The van der Waals surface area contributed by atoms with Crippen LogP contribution in [0.4, 0.5) is 0 Å². The lowest BCUT2D eigenvalue weighted by Crippen LogP contribution is -2.42. The topological polar surface area (TPSA) is 58.2 Å². The van der Waals surface area contributed by atoms with E-state index in [0.29, 0.717) is 25.9 Å². The van der Waals surface area contributed by atoms with E-state index in [1.807, 2.05) is 17.5 Å². The summed E-state index contributed by atoms with van der Waals surface area (Å²) in [5.74, 6) is 0.00775. The summed E-state index contributed by atoms with van der Waals surface area (Å²) in [6, 6.07) is 3.96. The fourth-order valence-corrected chi connectivity index (χ4v) is 2.33. The van der Waals surface area contributed by atoms with E-state index in [2.05, 4.69) is 10.6 Å². The third-order valence-corrected chi connectivity index (χ3v) is 3.53. The van der Waals surface area contributed by atoms with Gasteiger partial charge in [0.05, 0.1) is 12.5 Å². The summed E-state index contributed by atoms with van der Waals surface area (Å²) in [7, 11) is 0. The van der Waals surface area contributed by atoms with Gasteiger partial charge < -0.3 is 10.6 Å². The highest BCUT2D eigenvalue weighted by molar-refractivity contribution is 7.09. The molecule has 1 aliphatic rings. The van der Waals surface area contributed by atoms with E-state index >= 15 is 0 Å². The van der Waals surface area contributed by atoms with Gasteiger partial charge in [-0.15, -0.1) is 11.3 Å². The molecule has 1 saturated heterocycles. The fraction of sp³-hybridized carbons (Fsp3) is 0.455. The second-order valence-corrected chi connectivity index (χ2v) is 4.87. The normalized spacial score (nSPS) is 20.2. The van der Waals surface area contributed by atoms with Gasteiger partial charge in [-0.3, -0.25) is 9.59 Å². The van der Waals surface area contributed by atoms with Crippen LogP contribution in [0.2, 0.25) is 0 Å². The molecule has 1 atom stereocenters. The van der Waals surface area contributed by atoms with Crippen molar-refractivity contribution in [2.75, 3.05) is 6.54 Å². The molecule has 16 heavy (non-hydrogen) atoms. The molecule has 1 aromatic heterocycles. The zero-order chi connectivity index (χ0) is 11.4. The highest BCUT2D eigenvalue weighted by Crippen LogP contribution is 2.12. The molecule has 1 fully saturated rings. The molecule has 86 valence electrons. The SMILES string of the molecule is O=C1CCC(C(=O)NCc2cccs2)CN1. The first kappa shape index (κ1) is 11.1. The standard InChI is InChI=1S/C11H14N2O2S/c14-10-4-3-8(6-12-10)11(15)13-7-9-2-1-5-16-9/h1-2,5,8H,3-4,6-7H2,(H,12,14)(H,13,15). The van der Waals surface area contributed by atoms with Crippen molar-refractivity contribution in [2.45, 2.75) is 19.4 Å². The Morgan fingerprint density at radius 3 is 3.12 bits per heavy atom. The molecule has 0 saturated carbocycles. The van der Waals surface area contributed by atoms with Crippen molar-refractivity contribution < 1.29 is 9.59 Å². The summed E-state index contributed by atoms with van der Waals surface area (Å²) >= 11 is 1.63. The largest absolute Gasteiger partial charge is 0.355 e. The first-order valence-corrected chi connectivity index (χ1v) is 6.20. The van der Waals surface area contributed by atoms with Crippen LogP contribution in [0.1, 0.15) is 17.7 Å². The second-order valence-electron chi connectivity index (χ2n) is 3.84. The molecular formula is C11H14N2O2S. The van der Waals surface area contributed by atoms with E-state index in [4.69, 9.17) is 0 Å². The number of amides is 2. The van der Waals surface area contributed by atoms with Crippen LogP contribution >= 0.6 is 11.3 Å². The molecule has 2 rings (SSSR count). The summed E-state index contributed by atoms with van der Waals surface area (Å²) in [6.07, 6.45) is 1.11. The van der Waals surface area contributed by atoms with Gasteiger partial charge in [0.1, 0.15) is 0 Å². The van der Waals surface area contributed by atoms with Gasteiger partial charge in [0.15, 0.2) is 0 Å². The maximum atomic E-state index is 11.7. The molecule has 2 amide bonds. The summed E-state index contributed by atoms with van der Waals surface area (Å²) < 4.78 is 0. The molecule has 1 aliphatic heterocycles. The van der Waals surface area contributed by atoms with Gasteiger partial charge in [-0.25, -0.2) is 0 Å². The van der Waals surface area contributed by atoms with E-state index < -0.39 is 0 Å². The van der Waals surface area contributed by atoms with Crippen molar-refractivity contribution in [3.63, 3.8) is 0 Å². The first-order valence-electron chi connectivity index (χ1n) is 5.32. The minimum atomic E-state index is -0.0716. The van der Waals surface area contributed by atoms with Crippen molar-refractivity contribution in [1.29, 1.82) is 0 Å². The molecule has 1 unspecified atom stereocenters. The highest BCUT2D eigenvalue weighted by Gasteiger charge is 2.23. The van der Waals surface area contributed by atoms with E-state index in [0.717, 1.165) is 4.88 Å². The van der Waals surface area contributed by atoms with Gasteiger partial charge in [-0.1, -0.05) is 6.07 Å². The van der Waals surface area contributed by atoms with E-state index in [1.165, 1.54) is 0 Å². The number of piperidine rings is 1. The smallest absolute Gasteiger partial charge is 0.225 e. The van der Waals surface area contributed by atoms with Gasteiger partial charge in [-0.2, -0.15) is 0 Å². The van der Waals surface area contributed by atoms with E-state index in [9.17, 15) is 9.59 Å². The van der Waals surface area contributed by atoms with Crippen LogP contribution in [0, 0.1) is 5.92 Å². The van der Waals surface area contributed by atoms with Gasteiger partial charge in [0.25, 0.3) is 0 Å². The number of carbonyl (C=O) groups is 2. The van der Waals surface area contributed by atoms with Gasteiger partial charge in [0.2, 0.25) is 11.8 Å². The average Bonchev–Trinajstić information content (AvgIpc) is 2.80. The highest BCUT2D eigenvalue weighted by atomic mass is 32.1. The predicted molar refractivity (Wildman–Crippen MR) is 61.9 cm³/mol. The lowest BCUT2D eigenvalue weighted by molar-refractivity contribution is -0.129. The number of thiophene rings is 1. The quantitative estimate of drug-likeness (QED) is 0.821. The Bertz CT molecular complexity index is 365. The van der Waals surface area contributed by atoms with Gasteiger partial charge in [0, 0.05) is 17.8 Å². The van der Waals surface area contributed by atoms with Crippen LogP contribution in [0.5, 0.6) is 0 Å². The van der Waals surface area contributed by atoms with Crippen LogP contribution in [0.25, 0.3) is 0 Å². The summed E-state index contributed by atoms with van der Waals surface area (Å²) in [6.45, 7) is 1.05. The zero-order valence-corrected chi connectivity index (χ0v) is 9.68. The van der Waals surface area contributed by atoms with Crippen molar-refractivity contribution in [1.82, 2.24) is 10.6 Å². The number of hydrogen-bond acceptors (Lipinski definition) is 3.